The normalized spacial score (nSPS) is 11.5. The van der Waals surface area contributed by atoms with E-state index in [0.29, 0.717) is 5.92 Å². The highest BCUT2D eigenvalue weighted by molar-refractivity contribution is 5.58. The SMILES string of the molecule is C/C=C\c1c(CC)cccc1C(C)C. The van der Waals surface area contributed by atoms with Gasteiger partial charge in [-0.25, -0.2) is 0 Å². The van der Waals surface area contributed by atoms with Crippen LogP contribution in [0.15, 0.2) is 24.3 Å². The van der Waals surface area contributed by atoms with Crippen molar-refractivity contribution in [1.82, 2.24) is 0 Å². The number of hydrogen-bond acceptors (Lipinski definition) is 0. The second-order valence-corrected chi connectivity index (χ2v) is 3.93. The van der Waals surface area contributed by atoms with Crippen LogP contribution in [0.1, 0.15) is 50.3 Å². The first-order valence-electron chi connectivity index (χ1n) is 5.45. The first kappa shape index (κ1) is 11.0. The number of aryl methyl sites for hydroxylation is 1. The molecule has 1 rings (SSSR count). The minimum atomic E-state index is 0.604. The number of benzene rings is 1. The lowest BCUT2D eigenvalue weighted by Gasteiger charge is -2.13. The van der Waals surface area contributed by atoms with Crippen molar-refractivity contribution in [3.8, 4) is 0 Å². The molecule has 0 heteroatoms. The molecule has 0 fully saturated rings. The van der Waals surface area contributed by atoms with E-state index in [0.717, 1.165) is 6.42 Å². The Kier molecular flexibility index (Phi) is 3.94. The Bertz CT molecular complexity index is 319. The van der Waals surface area contributed by atoms with Gasteiger partial charge >= 0.3 is 0 Å². The largest absolute Gasteiger partial charge is 0.0870 e. The highest BCUT2D eigenvalue weighted by Crippen LogP contribution is 2.24. The molecule has 0 aliphatic heterocycles. The third-order valence-corrected chi connectivity index (χ3v) is 2.57. The molecule has 0 bridgehead atoms. The van der Waals surface area contributed by atoms with Crippen LogP contribution in [0.5, 0.6) is 0 Å². The molecule has 76 valence electrons. The van der Waals surface area contributed by atoms with E-state index in [1.54, 1.807) is 0 Å². The molecule has 0 aliphatic rings. The molecule has 0 amide bonds. The van der Waals surface area contributed by atoms with E-state index >= 15 is 0 Å². The number of rotatable bonds is 3. The van der Waals surface area contributed by atoms with Crippen molar-refractivity contribution in [2.24, 2.45) is 0 Å². The fraction of sp³-hybridized carbons (Fsp3) is 0.429. The maximum atomic E-state index is 2.25. The Labute approximate surface area is 87.7 Å². The van der Waals surface area contributed by atoms with Crippen LogP contribution in [-0.4, -0.2) is 0 Å². The van der Waals surface area contributed by atoms with Crippen molar-refractivity contribution in [1.29, 1.82) is 0 Å². The molecule has 0 spiro atoms. The Balaban J connectivity index is 3.27. The standard InChI is InChI=1S/C14H20/c1-5-8-14-12(6-2)9-7-10-13(14)11(3)4/h5,7-11H,6H2,1-4H3/b8-5-. The summed E-state index contributed by atoms with van der Waals surface area (Å²) in [5.41, 5.74) is 4.34. The molecule has 0 unspecified atom stereocenters. The second-order valence-electron chi connectivity index (χ2n) is 3.93. The van der Waals surface area contributed by atoms with Crippen LogP contribution in [0.4, 0.5) is 0 Å². The van der Waals surface area contributed by atoms with Crippen LogP contribution in [0.3, 0.4) is 0 Å². The summed E-state index contributed by atoms with van der Waals surface area (Å²) in [5.74, 6) is 0.604. The smallest absolute Gasteiger partial charge is 0.0193 e. The van der Waals surface area contributed by atoms with Gasteiger partial charge in [0.05, 0.1) is 0 Å². The molecule has 1 aromatic rings. The summed E-state index contributed by atoms with van der Waals surface area (Å²) in [6.45, 7) is 8.80. The minimum Gasteiger partial charge on any atom is -0.0870 e. The summed E-state index contributed by atoms with van der Waals surface area (Å²) in [5, 5.41) is 0. The van der Waals surface area contributed by atoms with E-state index in [9.17, 15) is 0 Å². The average molecular weight is 188 g/mol. The Hall–Kier alpha value is -1.04. The maximum Gasteiger partial charge on any atom is -0.0193 e. The topological polar surface area (TPSA) is 0 Å². The van der Waals surface area contributed by atoms with Gasteiger partial charge in [-0.1, -0.05) is 51.1 Å². The van der Waals surface area contributed by atoms with Gasteiger partial charge in [-0.15, -0.1) is 0 Å². The molecule has 0 radical (unpaired) electrons. The van der Waals surface area contributed by atoms with Gasteiger partial charge in [-0.2, -0.15) is 0 Å². The summed E-state index contributed by atoms with van der Waals surface area (Å²) in [6.07, 6.45) is 5.47. The fourth-order valence-electron chi connectivity index (χ4n) is 1.81. The van der Waals surface area contributed by atoms with Gasteiger partial charge in [0.15, 0.2) is 0 Å². The van der Waals surface area contributed by atoms with E-state index in [2.05, 4.69) is 58.0 Å². The van der Waals surface area contributed by atoms with E-state index in [4.69, 9.17) is 0 Å². The lowest BCUT2D eigenvalue weighted by atomic mass is 9.92. The summed E-state index contributed by atoms with van der Waals surface area (Å²) in [7, 11) is 0. The van der Waals surface area contributed by atoms with Crippen molar-refractivity contribution in [2.75, 3.05) is 0 Å². The molecule has 0 heterocycles. The van der Waals surface area contributed by atoms with Gasteiger partial charge in [0, 0.05) is 0 Å². The van der Waals surface area contributed by atoms with Gasteiger partial charge in [0.2, 0.25) is 0 Å². The van der Waals surface area contributed by atoms with Gasteiger partial charge in [0.25, 0.3) is 0 Å². The van der Waals surface area contributed by atoms with Crippen LogP contribution >= 0.6 is 0 Å². The van der Waals surface area contributed by atoms with Crippen molar-refractivity contribution in [3.05, 3.63) is 41.0 Å². The molecule has 1 aromatic carbocycles. The molecule has 0 aliphatic carbocycles. The van der Waals surface area contributed by atoms with E-state index < -0.39 is 0 Å². The Morgan fingerprint density at radius 3 is 2.50 bits per heavy atom. The zero-order valence-electron chi connectivity index (χ0n) is 9.67. The third-order valence-electron chi connectivity index (χ3n) is 2.57. The molecule has 0 atom stereocenters. The molecule has 0 saturated heterocycles. The van der Waals surface area contributed by atoms with E-state index in [-0.39, 0.29) is 0 Å². The lowest BCUT2D eigenvalue weighted by molar-refractivity contribution is 0.859. The van der Waals surface area contributed by atoms with Crippen LogP contribution < -0.4 is 0 Å². The van der Waals surface area contributed by atoms with Crippen LogP contribution in [0, 0.1) is 0 Å². The molecule has 0 nitrogen and oxygen atoms in total. The highest BCUT2D eigenvalue weighted by atomic mass is 14.1. The van der Waals surface area contributed by atoms with Crippen LogP contribution in [0.2, 0.25) is 0 Å². The summed E-state index contributed by atoms with van der Waals surface area (Å²) >= 11 is 0. The molecule has 0 N–H and O–H groups in total. The van der Waals surface area contributed by atoms with E-state index in [1.165, 1.54) is 16.7 Å². The van der Waals surface area contributed by atoms with Crippen molar-refractivity contribution >= 4 is 6.08 Å². The zero-order valence-corrected chi connectivity index (χ0v) is 9.67. The summed E-state index contributed by atoms with van der Waals surface area (Å²) < 4.78 is 0. The molecular weight excluding hydrogens is 168 g/mol. The minimum absolute atomic E-state index is 0.604. The predicted octanol–water partition coefficient (Wildman–Crippen LogP) is 4.41. The number of allylic oxidation sites excluding steroid dienone is 1. The van der Waals surface area contributed by atoms with Gasteiger partial charge in [-0.3, -0.25) is 0 Å². The van der Waals surface area contributed by atoms with Crippen molar-refractivity contribution in [2.45, 2.75) is 40.0 Å². The lowest BCUT2D eigenvalue weighted by Crippen LogP contribution is -1.96. The first-order valence-corrected chi connectivity index (χ1v) is 5.45. The molecule has 0 saturated carbocycles. The second kappa shape index (κ2) is 4.99. The van der Waals surface area contributed by atoms with Gasteiger partial charge in [0.1, 0.15) is 0 Å². The third kappa shape index (κ3) is 2.25. The van der Waals surface area contributed by atoms with Gasteiger partial charge in [-0.05, 0) is 36.0 Å². The quantitative estimate of drug-likeness (QED) is 0.659. The fourth-order valence-corrected chi connectivity index (χ4v) is 1.81. The summed E-state index contributed by atoms with van der Waals surface area (Å²) in [4.78, 5) is 0. The van der Waals surface area contributed by atoms with Crippen LogP contribution in [-0.2, 0) is 6.42 Å². The Morgan fingerprint density at radius 2 is 2.00 bits per heavy atom. The maximum absolute atomic E-state index is 2.25. The summed E-state index contributed by atoms with van der Waals surface area (Å²) in [6, 6.07) is 6.63. The highest BCUT2D eigenvalue weighted by Gasteiger charge is 2.06. The van der Waals surface area contributed by atoms with E-state index in [1.807, 2.05) is 0 Å². The molecule has 14 heavy (non-hydrogen) atoms. The monoisotopic (exact) mass is 188 g/mol. The molecule has 0 aromatic heterocycles. The van der Waals surface area contributed by atoms with Crippen molar-refractivity contribution < 1.29 is 0 Å². The van der Waals surface area contributed by atoms with Crippen LogP contribution in [0.25, 0.3) is 6.08 Å². The number of hydrogen-bond donors (Lipinski definition) is 0. The zero-order chi connectivity index (χ0) is 10.6. The van der Waals surface area contributed by atoms with Gasteiger partial charge < -0.3 is 0 Å². The first-order chi connectivity index (χ1) is 6.70. The predicted molar refractivity (Wildman–Crippen MR) is 64.6 cm³/mol. The molecular formula is C14H20. The average Bonchev–Trinajstić information content (AvgIpc) is 2.18. The Morgan fingerprint density at radius 1 is 1.29 bits per heavy atom. The van der Waals surface area contributed by atoms with Crippen molar-refractivity contribution in [3.63, 3.8) is 0 Å².